The van der Waals surface area contributed by atoms with Crippen molar-refractivity contribution < 1.29 is 4.79 Å². The third kappa shape index (κ3) is 3.94. The second kappa shape index (κ2) is 7.49. The van der Waals surface area contributed by atoms with Crippen LogP contribution in [0.4, 0.5) is 10.5 Å². The number of aromatic amines is 1. The molecule has 2 N–H and O–H groups in total. The molecule has 2 amide bonds. The van der Waals surface area contributed by atoms with Gasteiger partial charge in [-0.05, 0) is 17.9 Å². The van der Waals surface area contributed by atoms with Gasteiger partial charge in [0.2, 0.25) is 0 Å². The number of nitrogens with zero attached hydrogens (tertiary/aromatic N) is 3. The lowest BCUT2D eigenvalue weighted by Crippen LogP contribution is -2.51. The second-order valence-corrected chi connectivity index (χ2v) is 6.58. The van der Waals surface area contributed by atoms with Gasteiger partial charge in [-0.3, -0.25) is 10.00 Å². The van der Waals surface area contributed by atoms with Crippen LogP contribution in [0.2, 0.25) is 0 Å². The Labute approximate surface area is 142 Å². The number of carbonyl (C=O) groups excluding carboxylic acids is 1. The molecule has 1 fully saturated rings. The summed E-state index contributed by atoms with van der Waals surface area (Å²) < 4.78 is 0. The monoisotopic (exact) mass is 327 g/mol. The molecule has 1 aromatic carbocycles. The van der Waals surface area contributed by atoms with E-state index in [4.69, 9.17) is 0 Å². The van der Waals surface area contributed by atoms with Crippen LogP contribution in [0.1, 0.15) is 18.9 Å². The molecule has 1 saturated heterocycles. The van der Waals surface area contributed by atoms with E-state index in [1.54, 1.807) is 12.4 Å². The number of anilines is 1. The molecule has 6 heteroatoms. The van der Waals surface area contributed by atoms with Gasteiger partial charge < -0.3 is 10.2 Å². The quantitative estimate of drug-likeness (QED) is 0.907. The van der Waals surface area contributed by atoms with Crippen LogP contribution >= 0.6 is 0 Å². The van der Waals surface area contributed by atoms with E-state index in [1.165, 1.54) is 5.56 Å². The minimum atomic E-state index is -0.0789. The van der Waals surface area contributed by atoms with Gasteiger partial charge in [-0.25, -0.2) is 4.79 Å². The molecule has 24 heavy (non-hydrogen) atoms. The van der Waals surface area contributed by atoms with E-state index < -0.39 is 0 Å². The lowest BCUT2D eigenvalue weighted by molar-refractivity contribution is 0.0933. The fourth-order valence-corrected chi connectivity index (χ4v) is 3.46. The van der Waals surface area contributed by atoms with Gasteiger partial charge in [0.05, 0.1) is 11.9 Å². The zero-order valence-electron chi connectivity index (χ0n) is 14.3. The van der Waals surface area contributed by atoms with Crippen molar-refractivity contribution in [1.82, 2.24) is 20.0 Å². The summed E-state index contributed by atoms with van der Waals surface area (Å²) in [6, 6.07) is 10.7. The van der Waals surface area contributed by atoms with Crippen LogP contribution in [0.25, 0.3) is 0 Å². The van der Waals surface area contributed by atoms with Crippen molar-refractivity contribution in [3.05, 3.63) is 48.3 Å². The van der Waals surface area contributed by atoms with Crippen LogP contribution in [0, 0.1) is 5.92 Å². The maximum absolute atomic E-state index is 12.4. The number of carbonyl (C=O) groups is 1. The summed E-state index contributed by atoms with van der Waals surface area (Å²) in [5.74, 6) is 0.433. The predicted octanol–water partition coefficient (Wildman–Crippen LogP) is 2.78. The maximum Gasteiger partial charge on any atom is 0.321 e. The van der Waals surface area contributed by atoms with Crippen molar-refractivity contribution in [2.24, 2.45) is 5.92 Å². The highest BCUT2D eigenvalue weighted by molar-refractivity contribution is 5.89. The number of benzene rings is 1. The molecule has 3 rings (SSSR count). The normalized spacial score (nSPS) is 21.4. The zero-order valence-corrected chi connectivity index (χ0v) is 14.3. The number of piperidine rings is 1. The number of amides is 2. The molecule has 2 heterocycles. The Bertz CT molecular complexity index is 643. The highest BCUT2D eigenvalue weighted by Gasteiger charge is 2.31. The molecule has 1 aromatic heterocycles. The van der Waals surface area contributed by atoms with E-state index >= 15 is 0 Å². The van der Waals surface area contributed by atoms with Gasteiger partial charge >= 0.3 is 6.03 Å². The number of rotatable bonds is 4. The first-order valence-corrected chi connectivity index (χ1v) is 8.42. The average molecular weight is 327 g/mol. The molecule has 0 saturated carbocycles. The Kier molecular flexibility index (Phi) is 5.15. The Morgan fingerprint density at radius 2 is 2.21 bits per heavy atom. The molecule has 2 aromatic rings. The first-order valence-electron chi connectivity index (χ1n) is 8.42. The summed E-state index contributed by atoms with van der Waals surface area (Å²) in [7, 11) is 1.88. The van der Waals surface area contributed by atoms with Gasteiger partial charge in [-0.1, -0.05) is 37.3 Å². The number of H-pyrrole nitrogens is 1. The van der Waals surface area contributed by atoms with E-state index in [1.807, 2.05) is 18.0 Å². The summed E-state index contributed by atoms with van der Waals surface area (Å²) in [6.45, 7) is 5.21. The Morgan fingerprint density at radius 3 is 2.88 bits per heavy atom. The molecule has 2 unspecified atom stereocenters. The number of nitrogens with one attached hydrogen (secondary N) is 2. The summed E-state index contributed by atoms with van der Waals surface area (Å²) in [4.78, 5) is 16.7. The molecule has 1 aliphatic heterocycles. The van der Waals surface area contributed by atoms with Crippen molar-refractivity contribution >= 4 is 11.7 Å². The minimum Gasteiger partial charge on any atom is -0.324 e. The summed E-state index contributed by atoms with van der Waals surface area (Å²) in [5.41, 5.74) is 2.04. The van der Waals surface area contributed by atoms with Gasteiger partial charge in [-0.2, -0.15) is 5.10 Å². The van der Waals surface area contributed by atoms with Crippen LogP contribution in [-0.4, -0.2) is 52.2 Å². The first kappa shape index (κ1) is 16.5. The van der Waals surface area contributed by atoms with Crippen molar-refractivity contribution in [3.63, 3.8) is 0 Å². The Balaban J connectivity index is 1.54. The highest BCUT2D eigenvalue weighted by Crippen LogP contribution is 2.23. The number of aromatic nitrogens is 2. The minimum absolute atomic E-state index is 0.0789. The van der Waals surface area contributed by atoms with Crippen molar-refractivity contribution in [3.8, 4) is 0 Å². The van der Waals surface area contributed by atoms with Gasteiger partial charge in [0, 0.05) is 38.9 Å². The number of hydrogen-bond donors (Lipinski definition) is 2. The summed E-state index contributed by atoms with van der Waals surface area (Å²) in [6.07, 6.45) is 4.28. The third-order valence-electron chi connectivity index (χ3n) is 4.76. The molecule has 0 radical (unpaired) electrons. The fourth-order valence-electron chi connectivity index (χ4n) is 3.46. The first-order chi connectivity index (χ1) is 11.6. The number of urea groups is 1. The van der Waals surface area contributed by atoms with Crippen LogP contribution in [0.15, 0.2) is 42.7 Å². The lowest BCUT2D eigenvalue weighted by atomic mass is 9.92. The Hall–Kier alpha value is -2.34. The second-order valence-electron chi connectivity index (χ2n) is 6.58. The lowest BCUT2D eigenvalue weighted by Gasteiger charge is -2.41. The molecule has 6 nitrogen and oxygen atoms in total. The van der Waals surface area contributed by atoms with Crippen LogP contribution in [0.3, 0.4) is 0 Å². The van der Waals surface area contributed by atoms with Crippen LogP contribution in [-0.2, 0) is 6.54 Å². The van der Waals surface area contributed by atoms with E-state index in [0.717, 1.165) is 26.1 Å². The molecule has 0 aliphatic carbocycles. The molecule has 2 atom stereocenters. The molecule has 0 bridgehead atoms. The zero-order chi connectivity index (χ0) is 16.9. The van der Waals surface area contributed by atoms with E-state index in [2.05, 4.69) is 51.6 Å². The van der Waals surface area contributed by atoms with Gasteiger partial charge in [-0.15, -0.1) is 0 Å². The topological polar surface area (TPSA) is 64.3 Å². The average Bonchev–Trinajstić information content (AvgIpc) is 3.08. The maximum atomic E-state index is 12.4. The summed E-state index contributed by atoms with van der Waals surface area (Å²) >= 11 is 0. The Morgan fingerprint density at radius 1 is 1.42 bits per heavy atom. The third-order valence-corrected chi connectivity index (χ3v) is 4.76. The van der Waals surface area contributed by atoms with E-state index in [9.17, 15) is 4.79 Å². The van der Waals surface area contributed by atoms with E-state index in [0.29, 0.717) is 11.6 Å². The molecular weight excluding hydrogens is 302 g/mol. The molecule has 1 aliphatic rings. The van der Waals surface area contributed by atoms with E-state index in [-0.39, 0.29) is 12.1 Å². The van der Waals surface area contributed by atoms with Gasteiger partial charge in [0.15, 0.2) is 0 Å². The fraction of sp³-hybridized carbons (Fsp3) is 0.444. The number of likely N-dealkylation sites (tertiary alicyclic amines) is 1. The van der Waals surface area contributed by atoms with Crippen LogP contribution in [0.5, 0.6) is 0 Å². The highest BCUT2D eigenvalue weighted by atomic mass is 16.2. The van der Waals surface area contributed by atoms with Crippen molar-refractivity contribution in [2.45, 2.75) is 25.9 Å². The molecular formula is C18H25N5O. The standard InChI is InChI=1S/C18H25N5O/c1-14-12-23(13-15-6-4-3-5-7-15)9-8-17(14)22(2)18(24)21-16-10-19-20-11-16/h3-7,10-11,14,17H,8-9,12-13H2,1-2H3,(H,19,20)(H,21,24). The summed E-state index contributed by atoms with van der Waals surface area (Å²) in [5, 5.41) is 9.42. The SMILES string of the molecule is CC1CN(Cc2ccccc2)CCC1N(C)C(=O)Nc1cn[nH]c1. The van der Waals surface area contributed by atoms with Gasteiger partial charge in [0.25, 0.3) is 0 Å². The smallest absolute Gasteiger partial charge is 0.321 e. The van der Waals surface area contributed by atoms with Crippen molar-refractivity contribution in [1.29, 1.82) is 0 Å². The van der Waals surface area contributed by atoms with Crippen molar-refractivity contribution in [2.75, 3.05) is 25.5 Å². The molecule has 0 spiro atoms. The van der Waals surface area contributed by atoms with Gasteiger partial charge in [0.1, 0.15) is 0 Å². The predicted molar refractivity (Wildman–Crippen MR) is 94.7 cm³/mol. The molecule has 128 valence electrons. The van der Waals surface area contributed by atoms with Crippen LogP contribution < -0.4 is 5.32 Å². The largest absolute Gasteiger partial charge is 0.324 e. The number of hydrogen-bond acceptors (Lipinski definition) is 3.